The number of hydrogen-bond acceptors (Lipinski definition) is 3. The largest absolute Gasteiger partial charge is 0.444 e. The number of aldehydes is 1. The van der Waals surface area contributed by atoms with E-state index in [0.29, 0.717) is 18.1 Å². The van der Waals surface area contributed by atoms with Crippen molar-refractivity contribution < 1.29 is 14.3 Å². The van der Waals surface area contributed by atoms with E-state index in [1.165, 1.54) is 0 Å². The zero-order valence-corrected chi connectivity index (χ0v) is 14.7. The van der Waals surface area contributed by atoms with Gasteiger partial charge in [0.15, 0.2) is 0 Å². The molecule has 1 heterocycles. The molecule has 2 rings (SSSR count). The number of carbonyl (C=O) groups is 2. The van der Waals surface area contributed by atoms with Crippen molar-refractivity contribution in [2.24, 2.45) is 5.92 Å². The summed E-state index contributed by atoms with van der Waals surface area (Å²) >= 11 is 6.03. The molecule has 5 heteroatoms. The van der Waals surface area contributed by atoms with Gasteiger partial charge in [0.05, 0.1) is 0 Å². The summed E-state index contributed by atoms with van der Waals surface area (Å²) in [5, 5.41) is 0.639. The monoisotopic (exact) mass is 337 g/mol. The highest BCUT2D eigenvalue weighted by atomic mass is 35.5. The minimum atomic E-state index is -0.486. The van der Waals surface area contributed by atoms with Crippen LogP contribution in [-0.2, 0) is 9.53 Å². The minimum absolute atomic E-state index is 0.172. The van der Waals surface area contributed by atoms with Gasteiger partial charge in [-0.3, -0.25) is 0 Å². The second kappa shape index (κ2) is 7.35. The Balaban J connectivity index is 1.97. The van der Waals surface area contributed by atoms with Gasteiger partial charge in [-0.2, -0.15) is 0 Å². The Morgan fingerprint density at radius 3 is 2.52 bits per heavy atom. The van der Waals surface area contributed by atoms with E-state index in [2.05, 4.69) is 0 Å². The van der Waals surface area contributed by atoms with Crippen molar-refractivity contribution in [3.05, 3.63) is 34.9 Å². The third-order valence-corrected chi connectivity index (χ3v) is 4.31. The molecule has 0 radical (unpaired) electrons. The van der Waals surface area contributed by atoms with Gasteiger partial charge in [0.1, 0.15) is 11.9 Å². The summed E-state index contributed by atoms with van der Waals surface area (Å²) in [7, 11) is 0. The molecule has 0 saturated carbocycles. The van der Waals surface area contributed by atoms with Crippen LogP contribution in [0.3, 0.4) is 0 Å². The van der Waals surface area contributed by atoms with Crippen LogP contribution in [0.4, 0.5) is 4.79 Å². The molecule has 1 aromatic rings. The van der Waals surface area contributed by atoms with Crippen molar-refractivity contribution in [1.29, 1.82) is 0 Å². The molecule has 1 unspecified atom stereocenters. The maximum Gasteiger partial charge on any atom is 0.410 e. The number of halogens is 1. The van der Waals surface area contributed by atoms with Gasteiger partial charge >= 0.3 is 6.09 Å². The normalized spacial score (nSPS) is 17.7. The van der Waals surface area contributed by atoms with Gasteiger partial charge in [0.25, 0.3) is 0 Å². The number of benzene rings is 1. The molecular formula is C18H24ClNO3. The van der Waals surface area contributed by atoms with E-state index >= 15 is 0 Å². The molecule has 0 aromatic heterocycles. The first-order chi connectivity index (χ1) is 10.8. The predicted molar refractivity (Wildman–Crippen MR) is 90.8 cm³/mol. The standard InChI is InChI=1S/C18H24ClNO3/c1-18(2,3)23-17(22)20-9-7-13(8-10-20)16(12-21)14-5-4-6-15(19)11-14/h4-6,11-13,16H,7-10H2,1-3H3. The van der Waals surface area contributed by atoms with E-state index < -0.39 is 5.60 Å². The van der Waals surface area contributed by atoms with Crippen molar-refractivity contribution >= 4 is 24.0 Å². The highest BCUT2D eigenvalue weighted by molar-refractivity contribution is 6.30. The SMILES string of the molecule is CC(C)(C)OC(=O)N1CCC(C(C=O)c2cccc(Cl)c2)CC1. The average Bonchev–Trinajstić information content (AvgIpc) is 2.47. The van der Waals surface area contributed by atoms with Crippen molar-refractivity contribution in [3.8, 4) is 0 Å². The minimum Gasteiger partial charge on any atom is -0.444 e. The van der Waals surface area contributed by atoms with Crippen molar-refractivity contribution in [3.63, 3.8) is 0 Å². The second-order valence-corrected chi connectivity index (χ2v) is 7.46. The fraction of sp³-hybridized carbons (Fsp3) is 0.556. The van der Waals surface area contributed by atoms with Gasteiger partial charge in [-0.25, -0.2) is 4.79 Å². The van der Waals surface area contributed by atoms with Gasteiger partial charge in [0.2, 0.25) is 0 Å². The fourth-order valence-electron chi connectivity index (χ4n) is 2.94. The quantitative estimate of drug-likeness (QED) is 0.774. The molecule has 1 aromatic carbocycles. The van der Waals surface area contributed by atoms with Gasteiger partial charge < -0.3 is 14.4 Å². The predicted octanol–water partition coefficient (Wildman–Crippen LogP) is 4.27. The van der Waals surface area contributed by atoms with Crippen LogP contribution in [0.15, 0.2) is 24.3 Å². The van der Waals surface area contributed by atoms with Crippen molar-refractivity contribution in [2.75, 3.05) is 13.1 Å². The lowest BCUT2D eigenvalue weighted by atomic mass is 9.81. The average molecular weight is 338 g/mol. The topological polar surface area (TPSA) is 46.6 Å². The Hall–Kier alpha value is -1.55. The maximum absolute atomic E-state index is 12.1. The molecule has 0 aliphatic carbocycles. The Kier molecular flexibility index (Phi) is 5.69. The number of piperidine rings is 1. The smallest absolute Gasteiger partial charge is 0.410 e. The molecule has 4 nitrogen and oxygen atoms in total. The Morgan fingerprint density at radius 2 is 2.00 bits per heavy atom. The molecule has 1 saturated heterocycles. The van der Waals surface area contributed by atoms with E-state index in [0.717, 1.165) is 24.7 Å². The number of rotatable bonds is 3. The third-order valence-electron chi connectivity index (χ3n) is 4.08. The van der Waals surface area contributed by atoms with Crippen LogP contribution in [0.1, 0.15) is 45.1 Å². The van der Waals surface area contributed by atoms with Crippen molar-refractivity contribution in [2.45, 2.75) is 45.1 Å². The van der Waals surface area contributed by atoms with Crippen LogP contribution in [-0.4, -0.2) is 36.0 Å². The number of amides is 1. The van der Waals surface area contributed by atoms with E-state index in [4.69, 9.17) is 16.3 Å². The summed E-state index contributed by atoms with van der Waals surface area (Å²) in [5.74, 6) is 0.0548. The van der Waals surface area contributed by atoms with Crippen molar-refractivity contribution in [1.82, 2.24) is 4.90 Å². The maximum atomic E-state index is 12.1. The summed E-state index contributed by atoms with van der Waals surface area (Å²) in [5.41, 5.74) is 0.461. The molecule has 1 aliphatic rings. The molecule has 0 spiro atoms. The lowest BCUT2D eigenvalue weighted by molar-refractivity contribution is -0.110. The first-order valence-corrected chi connectivity index (χ1v) is 8.36. The molecule has 126 valence electrons. The van der Waals surface area contributed by atoms with Gasteiger partial charge in [-0.15, -0.1) is 0 Å². The highest BCUT2D eigenvalue weighted by Crippen LogP contribution is 2.32. The summed E-state index contributed by atoms with van der Waals surface area (Å²) < 4.78 is 5.40. The van der Waals surface area contributed by atoms with Crippen LogP contribution < -0.4 is 0 Å². The summed E-state index contributed by atoms with van der Waals surface area (Å²) in [6.07, 6.45) is 2.30. The number of nitrogens with zero attached hydrogens (tertiary/aromatic N) is 1. The van der Waals surface area contributed by atoms with Crippen LogP contribution in [0, 0.1) is 5.92 Å². The first kappa shape index (κ1) is 17.8. The van der Waals surface area contributed by atoms with Crippen LogP contribution in [0.5, 0.6) is 0 Å². The molecule has 1 atom stereocenters. The molecule has 1 aliphatic heterocycles. The van der Waals surface area contributed by atoms with Gasteiger partial charge in [-0.05, 0) is 57.2 Å². The van der Waals surface area contributed by atoms with E-state index in [9.17, 15) is 9.59 Å². The molecule has 0 bridgehead atoms. The Morgan fingerprint density at radius 1 is 1.35 bits per heavy atom. The molecule has 1 amide bonds. The zero-order chi connectivity index (χ0) is 17.0. The number of carbonyl (C=O) groups excluding carboxylic acids is 2. The van der Waals surface area contributed by atoms with E-state index in [-0.39, 0.29) is 17.9 Å². The van der Waals surface area contributed by atoms with Crippen LogP contribution in [0.2, 0.25) is 5.02 Å². The van der Waals surface area contributed by atoms with Gasteiger partial charge in [0, 0.05) is 24.0 Å². The number of ether oxygens (including phenoxy) is 1. The zero-order valence-electron chi connectivity index (χ0n) is 13.9. The molecule has 23 heavy (non-hydrogen) atoms. The summed E-state index contributed by atoms with van der Waals surface area (Å²) in [6.45, 7) is 6.81. The molecule has 1 fully saturated rings. The lowest BCUT2D eigenvalue weighted by Gasteiger charge is -2.35. The van der Waals surface area contributed by atoms with E-state index in [1.54, 1.807) is 11.0 Å². The summed E-state index contributed by atoms with van der Waals surface area (Å²) in [4.78, 5) is 25.4. The second-order valence-electron chi connectivity index (χ2n) is 7.02. The molecular weight excluding hydrogens is 314 g/mol. The Labute approximate surface area is 142 Å². The lowest BCUT2D eigenvalue weighted by Crippen LogP contribution is -2.42. The Bertz CT molecular complexity index is 560. The van der Waals surface area contributed by atoms with E-state index in [1.807, 2.05) is 39.0 Å². The highest BCUT2D eigenvalue weighted by Gasteiger charge is 2.31. The molecule has 0 N–H and O–H groups in total. The number of likely N-dealkylation sites (tertiary alicyclic amines) is 1. The number of hydrogen-bond donors (Lipinski definition) is 0. The van der Waals surface area contributed by atoms with Crippen LogP contribution in [0.25, 0.3) is 0 Å². The van der Waals surface area contributed by atoms with Gasteiger partial charge in [-0.1, -0.05) is 23.7 Å². The summed E-state index contributed by atoms with van der Waals surface area (Å²) in [6, 6.07) is 7.45. The first-order valence-electron chi connectivity index (χ1n) is 7.99. The van der Waals surface area contributed by atoms with Crippen LogP contribution >= 0.6 is 11.6 Å². The third kappa shape index (κ3) is 4.96. The fourth-order valence-corrected chi connectivity index (χ4v) is 3.14.